The van der Waals surface area contributed by atoms with E-state index in [9.17, 15) is 9.59 Å². The fraction of sp³-hybridized carbons (Fsp3) is 0.697. The molecule has 0 spiro atoms. The van der Waals surface area contributed by atoms with Crippen LogP contribution in [0.15, 0.2) is 42.1 Å². The number of unbranched alkanes of at least 4 members (excludes halogenated alkanes) is 11. The highest BCUT2D eigenvalue weighted by Crippen LogP contribution is 2.16. The van der Waals surface area contributed by atoms with Crippen LogP contribution >= 0.6 is 0 Å². The smallest absolute Gasteiger partial charge is 0.329 e. The second-order valence-corrected chi connectivity index (χ2v) is 12.4. The van der Waals surface area contributed by atoms with E-state index in [-0.39, 0.29) is 18.3 Å². The molecule has 0 aliphatic carbocycles. The van der Waals surface area contributed by atoms with E-state index >= 15 is 0 Å². The van der Waals surface area contributed by atoms with Gasteiger partial charge in [0, 0.05) is 13.3 Å². The SMILES string of the molecule is CCCCCCCCCCCCCC[N+](C)(C)/C(C)=C/C(=O)N[C@@H](Cc1ccccc1)C(=O)OC(C)(C)C.[Cl-]. The van der Waals surface area contributed by atoms with Gasteiger partial charge < -0.3 is 22.5 Å². The van der Waals surface area contributed by atoms with Crippen LogP contribution in [0.4, 0.5) is 0 Å². The van der Waals surface area contributed by atoms with E-state index in [0.717, 1.165) is 24.2 Å². The monoisotopic (exact) mass is 564 g/mol. The molecule has 1 aromatic rings. The molecule has 0 unspecified atom stereocenters. The van der Waals surface area contributed by atoms with E-state index < -0.39 is 17.6 Å². The number of rotatable bonds is 19. The topological polar surface area (TPSA) is 55.4 Å². The molecule has 1 amide bonds. The number of nitrogens with zero attached hydrogens (tertiary/aromatic N) is 1. The maximum Gasteiger partial charge on any atom is 0.329 e. The van der Waals surface area contributed by atoms with Crippen LogP contribution in [-0.4, -0.2) is 48.6 Å². The van der Waals surface area contributed by atoms with E-state index in [1.807, 2.05) is 58.0 Å². The molecule has 0 aliphatic rings. The normalized spacial score (nSPS) is 12.9. The fourth-order valence-corrected chi connectivity index (χ4v) is 4.52. The highest BCUT2D eigenvalue weighted by atomic mass is 35.5. The van der Waals surface area contributed by atoms with Crippen molar-refractivity contribution in [3.05, 3.63) is 47.7 Å². The van der Waals surface area contributed by atoms with Crippen molar-refractivity contribution in [1.29, 1.82) is 0 Å². The lowest BCUT2D eigenvalue weighted by atomic mass is 10.0. The number of benzene rings is 1. The Morgan fingerprint density at radius 2 is 1.36 bits per heavy atom. The van der Waals surface area contributed by atoms with E-state index in [1.165, 1.54) is 70.6 Å². The zero-order valence-electron chi connectivity index (χ0n) is 26.0. The Morgan fingerprint density at radius 1 is 0.872 bits per heavy atom. The minimum absolute atomic E-state index is 0. The quantitative estimate of drug-likeness (QED) is 0.114. The molecule has 0 radical (unpaired) electrons. The number of amides is 1. The molecule has 0 heterocycles. The van der Waals surface area contributed by atoms with Gasteiger partial charge in [0.1, 0.15) is 17.3 Å². The van der Waals surface area contributed by atoms with Crippen LogP contribution in [0.25, 0.3) is 0 Å². The van der Waals surface area contributed by atoms with Crippen molar-refractivity contribution in [2.45, 2.75) is 130 Å². The molecule has 1 rings (SSSR count). The van der Waals surface area contributed by atoms with Crippen LogP contribution in [0.3, 0.4) is 0 Å². The summed E-state index contributed by atoms with van der Waals surface area (Å²) in [6.07, 6.45) is 18.1. The predicted octanol–water partition coefficient (Wildman–Crippen LogP) is 4.74. The molecule has 5 nitrogen and oxygen atoms in total. The molecule has 224 valence electrons. The van der Waals surface area contributed by atoms with Crippen molar-refractivity contribution in [3.8, 4) is 0 Å². The van der Waals surface area contributed by atoms with Gasteiger partial charge >= 0.3 is 5.97 Å². The first-order valence-electron chi connectivity index (χ1n) is 15.0. The van der Waals surface area contributed by atoms with Crippen molar-refractivity contribution >= 4 is 11.9 Å². The Labute approximate surface area is 246 Å². The van der Waals surface area contributed by atoms with Gasteiger partial charge in [-0.05, 0) is 39.2 Å². The lowest BCUT2D eigenvalue weighted by molar-refractivity contribution is -0.852. The minimum atomic E-state index is -0.736. The van der Waals surface area contributed by atoms with Crippen LogP contribution in [-0.2, 0) is 20.7 Å². The molecular formula is C33H57ClN2O3. The number of carbonyl (C=O) groups is 2. The van der Waals surface area contributed by atoms with Gasteiger partial charge in [0.25, 0.3) is 0 Å². The van der Waals surface area contributed by atoms with Crippen LogP contribution < -0.4 is 17.7 Å². The summed E-state index contributed by atoms with van der Waals surface area (Å²) in [6, 6.07) is 8.98. The third-order valence-corrected chi connectivity index (χ3v) is 7.16. The molecule has 0 bridgehead atoms. The largest absolute Gasteiger partial charge is 1.00 e. The molecule has 0 saturated carbocycles. The van der Waals surface area contributed by atoms with Crippen molar-refractivity contribution in [1.82, 2.24) is 5.32 Å². The first kappa shape index (κ1) is 37.1. The molecule has 6 heteroatoms. The van der Waals surface area contributed by atoms with Crippen molar-refractivity contribution < 1.29 is 31.2 Å². The number of nitrogens with one attached hydrogen (secondary N) is 1. The zero-order chi connectivity index (χ0) is 28.4. The van der Waals surface area contributed by atoms with Gasteiger partial charge in [-0.3, -0.25) is 9.28 Å². The number of quaternary nitrogens is 1. The highest BCUT2D eigenvalue weighted by Gasteiger charge is 2.27. The Hall–Kier alpha value is -1.85. The molecule has 0 saturated heterocycles. The third-order valence-electron chi connectivity index (χ3n) is 7.16. The number of halogens is 1. The molecule has 1 atom stereocenters. The van der Waals surface area contributed by atoms with Crippen molar-refractivity contribution in [2.24, 2.45) is 0 Å². The Bertz CT molecular complexity index is 831. The molecule has 1 N–H and O–H groups in total. The Balaban J connectivity index is 0.0000144. The summed E-state index contributed by atoms with van der Waals surface area (Å²) in [7, 11) is 4.29. The number of hydrogen-bond donors (Lipinski definition) is 1. The van der Waals surface area contributed by atoms with Gasteiger partial charge in [-0.25, -0.2) is 4.79 Å². The maximum atomic E-state index is 12.9. The third kappa shape index (κ3) is 18.2. The summed E-state index contributed by atoms with van der Waals surface area (Å²) >= 11 is 0. The summed E-state index contributed by atoms with van der Waals surface area (Å²) in [4.78, 5) is 25.8. The van der Waals surface area contributed by atoms with Crippen LogP contribution in [0.5, 0.6) is 0 Å². The molecule has 0 aliphatic heterocycles. The molecule has 0 fully saturated rings. The van der Waals surface area contributed by atoms with Crippen molar-refractivity contribution in [2.75, 3.05) is 20.6 Å². The predicted molar refractivity (Wildman–Crippen MR) is 160 cm³/mol. The first-order valence-corrected chi connectivity index (χ1v) is 15.0. The molecule has 39 heavy (non-hydrogen) atoms. The second-order valence-electron chi connectivity index (χ2n) is 12.4. The number of carbonyl (C=O) groups excluding carboxylic acids is 2. The fourth-order valence-electron chi connectivity index (χ4n) is 4.52. The average molecular weight is 565 g/mol. The van der Waals surface area contributed by atoms with E-state index in [4.69, 9.17) is 4.74 Å². The van der Waals surface area contributed by atoms with Gasteiger partial charge in [-0.2, -0.15) is 0 Å². The Morgan fingerprint density at radius 3 is 1.85 bits per heavy atom. The summed E-state index contributed by atoms with van der Waals surface area (Å²) in [5.74, 6) is -0.666. The average Bonchev–Trinajstić information content (AvgIpc) is 2.83. The zero-order valence-corrected chi connectivity index (χ0v) is 26.7. The number of allylic oxidation sites excluding steroid dienone is 1. The standard InChI is InChI=1S/C33H56N2O3.ClH/c1-8-9-10-11-12-13-14-15-16-17-18-22-25-35(6,7)28(2)26-31(36)34-30(32(37)38-33(3,4)5)27-29-23-20-19-21-24-29;/h19-21,23-24,26,30H,8-18,22,25,27H2,1-7H3;1H/b28-26+;/t30-;/m0./s1. The van der Waals surface area contributed by atoms with Gasteiger partial charge in [0.05, 0.1) is 26.7 Å². The lowest BCUT2D eigenvalue weighted by Gasteiger charge is -2.30. The minimum Gasteiger partial charge on any atom is -1.00 e. The summed E-state index contributed by atoms with van der Waals surface area (Å²) in [6.45, 7) is 10.8. The second kappa shape index (κ2) is 20.1. The van der Waals surface area contributed by atoms with Crippen LogP contribution in [0, 0.1) is 0 Å². The maximum absolute atomic E-state index is 12.9. The van der Waals surface area contributed by atoms with Gasteiger partial charge in [-0.1, -0.05) is 101 Å². The van der Waals surface area contributed by atoms with Gasteiger partial charge in [0.15, 0.2) is 0 Å². The Kier molecular flexibility index (Phi) is 19.1. The lowest BCUT2D eigenvalue weighted by Crippen LogP contribution is -3.00. The van der Waals surface area contributed by atoms with E-state index in [0.29, 0.717) is 10.9 Å². The summed E-state index contributed by atoms with van der Waals surface area (Å²) < 4.78 is 6.26. The highest BCUT2D eigenvalue weighted by molar-refractivity contribution is 5.92. The number of esters is 1. The van der Waals surface area contributed by atoms with E-state index in [1.54, 1.807) is 6.08 Å². The van der Waals surface area contributed by atoms with Crippen molar-refractivity contribution in [3.63, 3.8) is 0 Å². The summed E-state index contributed by atoms with van der Waals surface area (Å²) in [5.41, 5.74) is 1.34. The molecule has 0 aromatic heterocycles. The van der Waals surface area contributed by atoms with E-state index in [2.05, 4.69) is 26.3 Å². The van der Waals surface area contributed by atoms with Crippen LogP contribution in [0.2, 0.25) is 0 Å². The number of ether oxygens (including phenoxy) is 1. The summed E-state index contributed by atoms with van der Waals surface area (Å²) in [5, 5.41) is 2.91. The molecule has 1 aromatic carbocycles. The number of hydrogen-bond acceptors (Lipinski definition) is 3. The van der Waals surface area contributed by atoms with Crippen LogP contribution in [0.1, 0.15) is 117 Å². The molecular weight excluding hydrogens is 508 g/mol. The van der Waals surface area contributed by atoms with Gasteiger partial charge in [-0.15, -0.1) is 0 Å². The van der Waals surface area contributed by atoms with Gasteiger partial charge in [0.2, 0.25) is 5.91 Å². The first-order chi connectivity index (χ1) is 17.9.